The first-order valence-electron chi connectivity index (χ1n) is 6.97. The molecular formula is C15H13F3N4O2. The van der Waals surface area contributed by atoms with Gasteiger partial charge in [0.05, 0.1) is 11.9 Å². The second-order valence-electron chi connectivity index (χ2n) is 5.45. The van der Waals surface area contributed by atoms with Gasteiger partial charge in [-0.3, -0.25) is 13.9 Å². The number of alkyl halides is 3. The molecule has 0 saturated carbocycles. The van der Waals surface area contributed by atoms with Gasteiger partial charge in [-0.1, -0.05) is 12.1 Å². The maximum Gasteiger partial charge on any atom is 0.416 e. The van der Waals surface area contributed by atoms with Gasteiger partial charge in [0.25, 0.3) is 5.56 Å². The Kier molecular flexibility index (Phi) is 3.58. The number of benzene rings is 1. The molecular weight excluding hydrogens is 325 g/mol. The van der Waals surface area contributed by atoms with E-state index in [9.17, 15) is 22.8 Å². The highest BCUT2D eigenvalue weighted by Crippen LogP contribution is 2.29. The van der Waals surface area contributed by atoms with E-state index in [-0.39, 0.29) is 17.7 Å². The average Bonchev–Trinajstić information content (AvgIpc) is 2.94. The van der Waals surface area contributed by atoms with Crippen molar-refractivity contribution in [2.24, 2.45) is 14.1 Å². The number of nitrogens with zero attached hydrogens (tertiary/aromatic N) is 4. The summed E-state index contributed by atoms with van der Waals surface area (Å²) in [5.74, 6) is 0. The highest BCUT2D eigenvalue weighted by Gasteiger charge is 2.30. The van der Waals surface area contributed by atoms with Crippen molar-refractivity contribution in [3.05, 3.63) is 62.6 Å². The Morgan fingerprint density at radius 1 is 1.12 bits per heavy atom. The lowest BCUT2D eigenvalue weighted by Gasteiger charge is -2.10. The Hall–Kier alpha value is -2.84. The van der Waals surface area contributed by atoms with Crippen molar-refractivity contribution in [3.8, 4) is 0 Å². The van der Waals surface area contributed by atoms with Crippen LogP contribution in [0.4, 0.5) is 13.2 Å². The molecule has 0 N–H and O–H groups in total. The molecule has 3 rings (SSSR count). The topological polar surface area (TPSA) is 61.8 Å². The van der Waals surface area contributed by atoms with Gasteiger partial charge in [-0.15, -0.1) is 0 Å². The number of rotatable bonds is 2. The summed E-state index contributed by atoms with van der Waals surface area (Å²) in [5.41, 5.74) is -1.09. The molecule has 0 unspecified atom stereocenters. The van der Waals surface area contributed by atoms with Crippen LogP contribution in [0.15, 0.2) is 40.2 Å². The minimum Gasteiger partial charge on any atom is -0.320 e. The standard InChI is InChI=1S/C15H13F3N4O2/c1-20-12-11(13(23)21(2)14(20)24)22(8-19-12)7-9-4-3-5-10(6-9)15(16,17)18/h3-6,8H,7H2,1-2H3. The lowest BCUT2D eigenvalue weighted by molar-refractivity contribution is -0.137. The third kappa shape index (κ3) is 2.51. The van der Waals surface area contributed by atoms with Gasteiger partial charge in [0.2, 0.25) is 0 Å². The molecule has 0 aliphatic carbocycles. The Morgan fingerprint density at radius 3 is 2.50 bits per heavy atom. The Bertz CT molecular complexity index is 1040. The first kappa shape index (κ1) is 16.0. The summed E-state index contributed by atoms with van der Waals surface area (Å²) in [4.78, 5) is 28.2. The third-order valence-electron chi connectivity index (χ3n) is 3.82. The van der Waals surface area contributed by atoms with Crippen molar-refractivity contribution in [1.82, 2.24) is 18.7 Å². The van der Waals surface area contributed by atoms with E-state index in [0.29, 0.717) is 5.56 Å². The van der Waals surface area contributed by atoms with Crippen LogP contribution in [0.2, 0.25) is 0 Å². The number of aryl methyl sites for hydroxylation is 1. The molecule has 2 heterocycles. The minimum atomic E-state index is -4.44. The van der Waals surface area contributed by atoms with Gasteiger partial charge in [0, 0.05) is 20.6 Å². The molecule has 0 aliphatic rings. The van der Waals surface area contributed by atoms with E-state index in [0.717, 1.165) is 16.7 Å². The summed E-state index contributed by atoms with van der Waals surface area (Å²) < 4.78 is 42.0. The maximum atomic E-state index is 12.8. The maximum absolute atomic E-state index is 12.8. The smallest absolute Gasteiger partial charge is 0.320 e. The monoisotopic (exact) mass is 338 g/mol. The molecule has 0 radical (unpaired) electrons. The van der Waals surface area contributed by atoms with Gasteiger partial charge < -0.3 is 4.57 Å². The molecule has 0 amide bonds. The molecule has 0 aliphatic heterocycles. The lowest BCUT2D eigenvalue weighted by Crippen LogP contribution is -2.37. The van der Waals surface area contributed by atoms with Crippen LogP contribution in [0.1, 0.15) is 11.1 Å². The molecule has 0 fully saturated rings. The van der Waals surface area contributed by atoms with Crippen molar-refractivity contribution in [2.75, 3.05) is 0 Å². The van der Waals surface area contributed by atoms with Crippen molar-refractivity contribution < 1.29 is 13.2 Å². The summed E-state index contributed by atoms with van der Waals surface area (Å²) >= 11 is 0. The second kappa shape index (κ2) is 5.36. The van der Waals surface area contributed by atoms with Crippen LogP contribution in [-0.2, 0) is 26.8 Å². The molecule has 126 valence electrons. The molecule has 0 spiro atoms. The SMILES string of the molecule is Cn1c(=O)c2c(ncn2Cc2cccc(C(F)(F)F)c2)n(C)c1=O. The predicted octanol–water partition coefficient (Wildman–Crippen LogP) is 1.50. The number of hydrogen-bond donors (Lipinski definition) is 0. The molecule has 0 saturated heterocycles. The molecule has 1 aromatic carbocycles. The van der Waals surface area contributed by atoms with Crippen molar-refractivity contribution in [2.45, 2.75) is 12.7 Å². The summed E-state index contributed by atoms with van der Waals surface area (Å²) in [6, 6.07) is 4.86. The van der Waals surface area contributed by atoms with Crippen LogP contribution < -0.4 is 11.2 Å². The van der Waals surface area contributed by atoms with E-state index >= 15 is 0 Å². The van der Waals surface area contributed by atoms with Crippen LogP contribution in [0, 0.1) is 0 Å². The van der Waals surface area contributed by atoms with Gasteiger partial charge in [0.1, 0.15) is 0 Å². The number of aromatic nitrogens is 4. The number of fused-ring (bicyclic) bond motifs is 1. The molecule has 3 aromatic rings. The second-order valence-corrected chi connectivity index (χ2v) is 5.45. The van der Waals surface area contributed by atoms with Crippen molar-refractivity contribution in [3.63, 3.8) is 0 Å². The highest BCUT2D eigenvalue weighted by atomic mass is 19.4. The zero-order chi connectivity index (χ0) is 17.6. The summed E-state index contributed by atoms with van der Waals surface area (Å²) in [7, 11) is 2.82. The van der Waals surface area contributed by atoms with E-state index in [4.69, 9.17) is 0 Å². The van der Waals surface area contributed by atoms with E-state index in [1.807, 2.05) is 0 Å². The first-order chi connectivity index (χ1) is 11.2. The van der Waals surface area contributed by atoms with Gasteiger partial charge >= 0.3 is 11.9 Å². The Balaban J connectivity index is 2.13. The molecule has 24 heavy (non-hydrogen) atoms. The summed E-state index contributed by atoms with van der Waals surface area (Å²) in [6.07, 6.45) is -3.10. The largest absolute Gasteiger partial charge is 0.416 e. The average molecular weight is 338 g/mol. The van der Waals surface area contributed by atoms with E-state index in [1.54, 1.807) is 0 Å². The fraction of sp³-hybridized carbons (Fsp3) is 0.267. The highest BCUT2D eigenvalue weighted by molar-refractivity contribution is 5.70. The van der Waals surface area contributed by atoms with E-state index < -0.39 is 23.0 Å². The third-order valence-corrected chi connectivity index (χ3v) is 3.82. The van der Waals surface area contributed by atoms with Crippen molar-refractivity contribution >= 4 is 11.2 Å². The lowest BCUT2D eigenvalue weighted by atomic mass is 10.1. The molecule has 2 aromatic heterocycles. The zero-order valence-electron chi connectivity index (χ0n) is 12.8. The van der Waals surface area contributed by atoms with E-state index in [1.165, 1.54) is 41.7 Å². The normalized spacial score (nSPS) is 12.0. The van der Waals surface area contributed by atoms with Gasteiger partial charge in [-0.2, -0.15) is 13.2 Å². The Morgan fingerprint density at radius 2 is 1.83 bits per heavy atom. The van der Waals surface area contributed by atoms with Crippen LogP contribution in [0.5, 0.6) is 0 Å². The quantitative estimate of drug-likeness (QED) is 0.711. The number of imidazole rings is 1. The summed E-state index contributed by atoms with van der Waals surface area (Å²) in [5, 5.41) is 0. The molecule has 0 bridgehead atoms. The van der Waals surface area contributed by atoms with Crippen molar-refractivity contribution in [1.29, 1.82) is 0 Å². The summed E-state index contributed by atoms with van der Waals surface area (Å²) in [6.45, 7) is 0.0356. The van der Waals surface area contributed by atoms with Crippen LogP contribution in [0.3, 0.4) is 0 Å². The Labute approximate surface area is 133 Å². The minimum absolute atomic E-state index is 0.0356. The molecule has 9 heteroatoms. The van der Waals surface area contributed by atoms with Gasteiger partial charge in [-0.25, -0.2) is 9.78 Å². The predicted molar refractivity (Wildman–Crippen MR) is 80.8 cm³/mol. The van der Waals surface area contributed by atoms with Gasteiger partial charge in [-0.05, 0) is 17.7 Å². The number of halogens is 3. The number of hydrogen-bond acceptors (Lipinski definition) is 3. The molecule has 0 atom stereocenters. The fourth-order valence-electron chi connectivity index (χ4n) is 2.56. The van der Waals surface area contributed by atoms with Crippen LogP contribution in [0.25, 0.3) is 11.2 Å². The van der Waals surface area contributed by atoms with Crippen LogP contribution in [-0.4, -0.2) is 18.7 Å². The fourth-order valence-corrected chi connectivity index (χ4v) is 2.56. The molecule has 6 nitrogen and oxygen atoms in total. The zero-order valence-corrected chi connectivity index (χ0v) is 12.8. The van der Waals surface area contributed by atoms with Crippen LogP contribution >= 0.6 is 0 Å². The van der Waals surface area contributed by atoms with Gasteiger partial charge in [0.15, 0.2) is 11.2 Å². The first-order valence-corrected chi connectivity index (χ1v) is 6.97. The van der Waals surface area contributed by atoms with E-state index in [2.05, 4.69) is 4.98 Å².